The van der Waals surface area contributed by atoms with Crippen LogP contribution in [0.5, 0.6) is 5.75 Å². The monoisotopic (exact) mass is 348 g/mol. The van der Waals surface area contributed by atoms with Crippen LogP contribution in [0.2, 0.25) is 0 Å². The standard InChI is InChI=1S/C13H5F9O/c14-11(15,16)6-3-4-8(23)5-1-2-7(12(17,18)19)10(9(5)6)13(20,21)22/h1-4,23H. The second-order valence-corrected chi connectivity index (χ2v) is 4.54. The molecular weight excluding hydrogens is 343 g/mol. The van der Waals surface area contributed by atoms with Gasteiger partial charge >= 0.3 is 18.5 Å². The third-order valence-electron chi connectivity index (χ3n) is 3.05. The summed E-state index contributed by atoms with van der Waals surface area (Å²) < 4.78 is 116. The number of hydrogen-bond acceptors (Lipinski definition) is 1. The van der Waals surface area contributed by atoms with E-state index in [0.29, 0.717) is 12.1 Å². The molecule has 2 aromatic carbocycles. The Kier molecular flexibility index (Phi) is 3.70. The van der Waals surface area contributed by atoms with Gasteiger partial charge in [-0.05, 0) is 18.2 Å². The Morgan fingerprint density at radius 3 is 1.52 bits per heavy atom. The van der Waals surface area contributed by atoms with Crippen LogP contribution in [0, 0.1) is 0 Å². The molecule has 0 aliphatic carbocycles. The molecule has 0 saturated carbocycles. The van der Waals surface area contributed by atoms with Crippen LogP contribution in [0.4, 0.5) is 39.5 Å². The zero-order chi connectivity index (χ0) is 17.8. The SMILES string of the molecule is Oc1ccc(C(F)(F)F)c2c(C(F)(F)F)c(C(F)(F)F)ccc12. The molecule has 2 aromatic rings. The summed E-state index contributed by atoms with van der Waals surface area (Å²) in [6.07, 6.45) is -16.6. The third kappa shape index (κ3) is 3.02. The summed E-state index contributed by atoms with van der Waals surface area (Å²) in [7, 11) is 0. The Bertz CT molecular complexity index is 753. The number of halogens is 9. The minimum absolute atomic E-state index is 0.00890. The Hall–Kier alpha value is -2.13. The molecule has 0 aliphatic heterocycles. The van der Waals surface area contributed by atoms with Gasteiger partial charge in [0, 0.05) is 10.8 Å². The van der Waals surface area contributed by atoms with Gasteiger partial charge in [0.1, 0.15) is 5.75 Å². The number of benzene rings is 2. The molecular formula is C13H5F9O. The Balaban J connectivity index is 3.12. The molecule has 10 heteroatoms. The van der Waals surface area contributed by atoms with E-state index in [-0.39, 0.29) is 12.1 Å². The molecule has 0 amide bonds. The lowest BCUT2D eigenvalue weighted by molar-refractivity contribution is -0.161. The second kappa shape index (κ2) is 4.93. The molecule has 0 aromatic heterocycles. The van der Waals surface area contributed by atoms with E-state index in [2.05, 4.69) is 0 Å². The summed E-state index contributed by atoms with van der Waals surface area (Å²) in [6, 6.07) is 0.939. The molecule has 0 bridgehead atoms. The molecule has 0 spiro atoms. The number of phenolic OH excluding ortho intramolecular Hbond substituents is 1. The molecule has 0 aliphatic rings. The molecule has 0 fully saturated rings. The van der Waals surface area contributed by atoms with Crippen molar-refractivity contribution in [1.29, 1.82) is 0 Å². The van der Waals surface area contributed by atoms with Gasteiger partial charge in [0.05, 0.1) is 16.7 Å². The van der Waals surface area contributed by atoms with Crippen LogP contribution in [0.25, 0.3) is 10.8 Å². The number of aromatic hydroxyl groups is 1. The highest BCUT2D eigenvalue weighted by Crippen LogP contribution is 2.48. The number of fused-ring (bicyclic) bond motifs is 1. The van der Waals surface area contributed by atoms with Crippen LogP contribution in [-0.2, 0) is 18.5 Å². The van der Waals surface area contributed by atoms with Crippen molar-refractivity contribution >= 4 is 10.8 Å². The smallest absolute Gasteiger partial charge is 0.417 e. The fraction of sp³-hybridized carbons (Fsp3) is 0.231. The number of phenols is 1. The highest BCUT2D eigenvalue weighted by molar-refractivity contribution is 5.95. The number of rotatable bonds is 0. The minimum Gasteiger partial charge on any atom is -0.507 e. The van der Waals surface area contributed by atoms with Crippen molar-refractivity contribution in [2.75, 3.05) is 0 Å². The topological polar surface area (TPSA) is 20.2 Å². The molecule has 1 N–H and O–H groups in total. The van der Waals surface area contributed by atoms with E-state index in [9.17, 15) is 44.6 Å². The predicted octanol–water partition coefficient (Wildman–Crippen LogP) is 5.60. The average Bonchev–Trinajstić information content (AvgIpc) is 2.34. The fourth-order valence-corrected chi connectivity index (χ4v) is 2.20. The zero-order valence-electron chi connectivity index (χ0n) is 10.7. The summed E-state index contributed by atoms with van der Waals surface area (Å²) in [4.78, 5) is 0. The first-order valence-corrected chi connectivity index (χ1v) is 5.75. The number of hydrogen-bond donors (Lipinski definition) is 1. The Labute approximate surface area is 121 Å². The predicted molar refractivity (Wildman–Crippen MR) is 60.6 cm³/mol. The lowest BCUT2D eigenvalue weighted by atomic mass is 9.93. The van der Waals surface area contributed by atoms with Crippen molar-refractivity contribution in [3.05, 3.63) is 41.0 Å². The minimum atomic E-state index is -5.71. The van der Waals surface area contributed by atoms with Crippen molar-refractivity contribution in [2.24, 2.45) is 0 Å². The maximum Gasteiger partial charge on any atom is 0.417 e. The van der Waals surface area contributed by atoms with Crippen LogP contribution in [0.15, 0.2) is 24.3 Å². The van der Waals surface area contributed by atoms with Gasteiger partial charge in [0.15, 0.2) is 0 Å². The molecule has 0 radical (unpaired) electrons. The van der Waals surface area contributed by atoms with Gasteiger partial charge in [-0.15, -0.1) is 0 Å². The van der Waals surface area contributed by atoms with Gasteiger partial charge in [-0.3, -0.25) is 0 Å². The van der Waals surface area contributed by atoms with E-state index < -0.39 is 51.7 Å². The quantitative estimate of drug-likeness (QED) is 0.615. The highest BCUT2D eigenvalue weighted by Gasteiger charge is 2.47. The van der Waals surface area contributed by atoms with Crippen molar-refractivity contribution < 1.29 is 44.6 Å². The summed E-state index contributed by atoms with van der Waals surface area (Å²) in [5, 5.41) is 6.72. The van der Waals surface area contributed by atoms with Crippen LogP contribution in [-0.4, -0.2) is 5.11 Å². The largest absolute Gasteiger partial charge is 0.507 e. The maximum absolute atomic E-state index is 13.1. The first-order valence-electron chi connectivity index (χ1n) is 5.75. The first-order chi connectivity index (χ1) is 10.2. The molecule has 23 heavy (non-hydrogen) atoms. The highest BCUT2D eigenvalue weighted by atomic mass is 19.4. The van der Waals surface area contributed by atoms with Crippen molar-refractivity contribution in [2.45, 2.75) is 18.5 Å². The molecule has 0 heterocycles. The summed E-state index contributed by atoms with van der Waals surface area (Å²) >= 11 is 0. The fourth-order valence-electron chi connectivity index (χ4n) is 2.20. The zero-order valence-corrected chi connectivity index (χ0v) is 10.7. The molecule has 0 atom stereocenters. The Morgan fingerprint density at radius 1 is 0.609 bits per heavy atom. The summed E-state index contributed by atoms with van der Waals surface area (Å²) in [6.45, 7) is 0. The van der Waals surface area contributed by atoms with Gasteiger partial charge in [-0.1, -0.05) is 6.07 Å². The number of alkyl halides is 9. The lowest BCUT2D eigenvalue weighted by Crippen LogP contribution is -2.19. The average molecular weight is 348 g/mol. The van der Waals surface area contributed by atoms with Crippen LogP contribution in [0.1, 0.15) is 16.7 Å². The summed E-state index contributed by atoms with van der Waals surface area (Å²) in [5.74, 6) is -0.993. The maximum atomic E-state index is 13.1. The first kappa shape index (κ1) is 17.2. The second-order valence-electron chi connectivity index (χ2n) is 4.54. The summed E-state index contributed by atoms with van der Waals surface area (Å²) in [5.41, 5.74) is -6.65. The van der Waals surface area contributed by atoms with Gasteiger partial charge in [-0.25, -0.2) is 0 Å². The van der Waals surface area contributed by atoms with Gasteiger partial charge in [0.25, 0.3) is 0 Å². The van der Waals surface area contributed by atoms with Crippen LogP contribution in [0.3, 0.4) is 0 Å². The van der Waals surface area contributed by atoms with Crippen LogP contribution < -0.4 is 0 Å². The molecule has 2 rings (SSSR count). The van der Waals surface area contributed by atoms with E-state index in [1.165, 1.54) is 0 Å². The van der Waals surface area contributed by atoms with Crippen molar-refractivity contribution in [1.82, 2.24) is 0 Å². The third-order valence-corrected chi connectivity index (χ3v) is 3.05. The van der Waals surface area contributed by atoms with Crippen LogP contribution >= 0.6 is 0 Å². The van der Waals surface area contributed by atoms with Gasteiger partial charge < -0.3 is 5.11 Å². The van der Waals surface area contributed by atoms with E-state index in [1.807, 2.05) is 0 Å². The van der Waals surface area contributed by atoms with Gasteiger partial charge in [-0.2, -0.15) is 39.5 Å². The van der Waals surface area contributed by atoms with E-state index in [0.717, 1.165) is 0 Å². The molecule has 0 unspecified atom stereocenters. The Morgan fingerprint density at radius 2 is 1.09 bits per heavy atom. The normalized spacial score (nSPS) is 13.6. The van der Waals surface area contributed by atoms with Crippen molar-refractivity contribution in [3.8, 4) is 5.75 Å². The van der Waals surface area contributed by atoms with E-state index in [1.54, 1.807) is 0 Å². The van der Waals surface area contributed by atoms with Gasteiger partial charge in [0.2, 0.25) is 0 Å². The lowest BCUT2D eigenvalue weighted by Gasteiger charge is -2.21. The van der Waals surface area contributed by atoms with E-state index in [4.69, 9.17) is 0 Å². The van der Waals surface area contributed by atoms with Crippen molar-refractivity contribution in [3.63, 3.8) is 0 Å². The molecule has 1 nitrogen and oxygen atoms in total. The molecule has 0 saturated heterocycles. The van der Waals surface area contributed by atoms with E-state index >= 15 is 0 Å². The molecule has 126 valence electrons.